The summed E-state index contributed by atoms with van der Waals surface area (Å²) in [6.45, 7) is 0.566. The maximum Gasteiger partial charge on any atom is 0.312 e. The van der Waals surface area contributed by atoms with Crippen molar-refractivity contribution in [3.63, 3.8) is 0 Å². The summed E-state index contributed by atoms with van der Waals surface area (Å²) >= 11 is 0. The summed E-state index contributed by atoms with van der Waals surface area (Å²) in [7, 11) is 1.53. The zero-order valence-electron chi connectivity index (χ0n) is 14.8. The Bertz CT molecular complexity index is 693. The van der Waals surface area contributed by atoms with E-state index in [4.69, 9.17) is 0 Å². The van der Waals surface area contributed by atoms with Gasteiger partial charge in [0.05, 0.1) is 17.0 Å². The lowest BCUT2D eigenvalue weighted by Crippen LogP contribution is -2.37. The molecule has 0 bridgehead atoms. The third kappa shape index (κ3) is 3.86. The maximum absolute atomic E-state index is 13.7. The zero-order chi connectivity index (χ0) is 18.7. The number of nitro groups is 1. The Labute approximate surface area is 151 Å². The molecule has 2 aliphatic rings. The molecular formula is C17H24FN5O3. The molecule has 9 heteroatoms. The van der Waals surface area contributed by atoms with E-state index in [1.165, 1.54) is 13.1 Å². The van der Waals surface area contributed by atoms with E-state index in [2.05, 4.69) is 15.6 Å². The van der Waals surface area contributed by atoms with Crippen molar-refractivity contribution in [2.24, 2.45) is 0 Å². The molecule has 3 rings (SSSR count). The Hall–Kier alpha value is -2.45. The van der Waals surface area contributed by atoms with Gasteiger partial charge in [0.15, 0.2) is 0 Å². The van der Waals surface area contributed by atoms with Gasteiger partial charge in [-0.15, -0.1) is 0 Å². The second-order valence-electron chi connectivity index (χ2n) is 6.87. The van der Waals surface area contributed by atoms with Gasteiger partial charge < -0.3 is 15.5 Å². The number of carbonyl (C=O) groups excluding carboxylic acids is 1. The lowest BCUT2D eigenvalue weighted by atomic mass is 9.95. The lowest BCUT2D eigenvalue weighted by Gasteiger charge is -2.25. The van der Waals surface area contributed by atoms with Crippen LogP contribution in [0.15, 0.2) is 6.07 Å². The highest BCUT2D eigenvalue weighted by Gasteiger charge is 2.31. The largest absolute Gasteiger partial charge is 0.367 e. The number of anilines is 2. The van der Waals surface area contributed by atoms with Crippen molar-refractivity contribution in [2.75, 3.05) is 30.4 Å². The van der Waals surface area contributed by atoms with Crippen LogP contribution in [0.3, 0.4) is 0 Å². The molecule has 1 amide bonds. The molecule has 1 unspecified atom stereocenters. The van der Waals surface area contributed by atoms with E-state index in [0.717, 1.165) is 32.1 Å². The average Bonchev–Trinajstić information content (AvgIpc) is 3.07. The number of amides is 1. The first-order chi connectivity index (χ1) is 12.5. The van der Waals surface area contributed by atoms with Gasteiger partial charge in [0.1, 0.15) is 12.0 Å². The van der Waals surface area contributed by atoms with Crippen molar-refractivity contribution in [3.05, 3.63) is 21.7 Å². The third-order valence-corrected chi connectivity index (χ3v) is 5.03. The van der Waals surface area contributed by atoms with Gasteiger partial charge in [-0.1, -0.05) is 19.3 Å². The first kappa shape index (κ1) is 18.3. The molecule has 2 fully saturated rings. The summed E-state index contributed by atoms with van der Waals surface area (Å²) in [6.07, 6.45) is 4.46. The van der Waals surface area contributed by atoms with Crippen LogP contribution in [-0.2, 0) is 0 Å². The van der Waals surface area contributed by atoms with Gasteiger partial charge >= 0.3 is 5.69 Å². The molecule has 26 heavy (non-hydrogen) atoms. The van der Waals surface area contributed by atoms with Gasteiger partial charge in [-0.3, -0.25) is 14.9 Å². The minimum atomic E-state index is -0.987. The molecule has 1 saturated carbocycles. The van der Waals surface area contributed by atoms with Crippen molar-refractivity contribution in [1.29, 1.82) is 0 Å². The van der Waals surface area contributed by atoms with E-state index in [1.807, 2.05) is 0 Å². The maximum atomic E-state index is 13.7. The van der Waals surface area contributed by atoms with Crippen molar-refractivity contribution < 1.29 is 14.1 Å². The van der Waals surface area contributed by atoms with Crippen molar-refractivity contribution in [2.45, 2.75) is 50.7 Å². The summed E-state index contributed by atoms with van der Waals surface area (Å²) in [4.78, 5) is 29.6. The van der Waals surface area contributed by atoms with Crippen LogP contribution in [0.4, 0.5) is 21.7 Å². The predicted molar refractivity (Wildman–Crippen MR) is 96.5 cm³/mol. The van der Waals surface area contributed by atoms with Crippen LogP contribution in [0.5, 0.6) is 0 Å². The summed E-state index contributed by atoms with van der Waals surface area (Å²) in [5, 5.41) is 17.0. The lowest BCUT2D eigenvalue weighted by molar-refractivity contribution is -0.384. The number of hydrogen-bond donors (Lipinski definition) is 2. The minimum Gasteiger partial charge on any atom is -0.367 e. The minimum absolute atomic E-state index is 0.0691. The fraction of sp³-hybridized carbons (Fsp3) is 0.647. The highest BCUT2D eigenvalue weighted by atomic mass is 19.1. The fourth-order valence-corrected chi connectivity index (χ4v) is 3.64. The van der Waals surface area contributed by atoms with Gasteiger partial charge in [-0.2, -0.15) is 0 Å². The van der Waals surface area contributed by atoms with Crippen molar-refractivity contribution in [1.82, 2.24) is 10.3 Å². The molecule has 1 aliphatic carbocycles. The number of rotatable bonds is 5. The van der Waals surface area contributed by atoms with E-state index in [9.17, 15) is 19.3 Å². The molecule has 2 N–H and O–H groups in total. The van der Waals surface area contributed by atoms with Crippen LogP contribution in [-0.4, -0.2) is 48.2 Å². The molecule has 1 atom stereocenters. The van der Waals surface area contributed by atoms with Gasteiger partial charge in [0.2, 0.25) is 5.82 Å². The monoisotopic (exact) mass is 365 g/mol. The molecule has 1 saturated heterocycles. The quantitative estimate of drug-likeness (QED) is 0.615. The second kappa shape index (κ2) is 7.84. The average molecular weight is 365 g/mol. The van der Waals surface area contributed by atoms with Crippen LogP contribution in [0.25, 0.3) is 0 Å². The zero-order valence-corrected chi connectivity index (χ0v) is 14.8. The summed E-state index contributed by atoms with van der Waals surface area (Å²) in [6, 6.07) is 1.32. The van der Waals surface area contributed by atoms with Crippen LogP contribution in [0.2, 0.25) is 0 Å². The number of aromatic nitrogens is 1. The molecule has 1 aliphatic heterocycles. The smallest absolute Gasteiger partial charge is 0.312 e. The summed E-state index contributed by atoms with van der Waals surface area (Å²) in [5.74, 6) is -0.0117. The van der Waals surface area contributed by atoms with Gasteiger partial charge in [-0.05, 0) is 19.3 Å². The Balaban J connectivity index is 1.95. The molecule has 8 nitrogen and oxygen atoms in total. The van der Waals surface area contributed by atoms with Crippen molar-refractivity contribution in [3.8, 4) is 0 Å². The molecule has 0 aromatic carbocycles. The SMILES string of the molecule is CNc1nc(N2CCC(F)C2)c(C(=O)NC2CCCCC2)cc1[N+](=O)[O-]. The Morgan fingerprint density at radius 1 is 1.35 bits per heavy atom. The molecule has 2 heterocycles. The summed E-state index contributed by atoms with van der Waals surface area (Å²) in [5.41, 5.74) is -0.128. The number of alkyl halides is 1. The Morgan fingerprint density at radius 2 is 2.08 bits per heavy atom. The number of halogens is 1. The molecule has 1 aromatic rings. The van der Waals surface area contributed by atoms with Gasteiger partial charge in [0, 0.05) is 25.7 Å². The van der Waals surface area contributed by atoms with Crippen LogP contribution >= 0.6 is 0 Å². The molecule has 0 radical (unpaired) electrons. The molecule has 142 valence electrons. The number of hydrogen-bond acceptors (Lipinski definition) is 6. The van der Waals surface area contributed by atoms with E-state index in [0.29, 0.717) is 18.8 Å². The standard InChI is InChI=1S/C17H24FN5O3/c1-19-15-14(23(25)26)9-13(16(21-15)22-8-7-11(18)10-22)17(24)20-12-5-3-2-4-6-12/h9,11-12H,2-8,10H2,1H3,(H,19,21)(H,20,24). The predicted octanol–water partition coefficient (Wildman–Crippen LogP) is 2.64. The number of carbonyl (C=O) groups is 1. The first-order valence-corrected chi connectivity index (χ1v) is 9.06. The van der Waals surface area contributed by atoms with Crippen LogP contribution in [0.1, 0.15) is 48.9 Å². The van der Waals surface area contributed by atoms with E-state index in [1.54, 1.807) is 4.90 Å². The van der Waals surface area contributed by atoms with Gasteiger partial charge in [-0.25, -0.2) is 9.37 Å². The molecular weight excluding hydrogens is 341 g/mol. The highest BCUT2D eigenvalue weighted by molar-refractivity contribution is 6.00. The topological polar surface area (TPSA) is 100 Å². The number of pyridine rings is 1. The fourth-order valence-electron chi connectivity index (χ4n) is 3.64. The van der Waals surface area contributed by atoms with Gasteiger partial charge in [0.25, 0.3) is 5.91 Å². The second-order valence-corrected chi connectivity index (χ2v) is 6.87. The first-order valence-electron chi connectivity index (χ1n) is 9.06. The molecule has 0 spiro atoms. The Morgan fingerprint density at radius 3 is 2.65 bits per heavy atom. The highest BCUT2D eigenvalue weighted by Crippen LogP contribution is 2.32. The van der Waals surface area contributed by atoms with E-state index < -0.39 is 11.1 Å². The van der Waals surface area contributed by atoms with Crippen LogP contribution in [0, 0.1) is 10.1 Å². The number of nitrogens with zero attached hydrogens (tertiary/aromatic N) is 3. The van der Waals surface area contributed by atoms with E-state index >= 15 is 0 Å². The van der Waals surface area contributed by atoms with E-state index in [-0.39, 0.29) is 35.6 Å². The Kier molecular flexibility index (Phi) is 5.53. The third-order valence-electron chi connectivity index (χ3n) is 5.03. The van der Waals surface area contributed by atoms with Crippen molar-refractivity contribution >= 4 is 23.2 Å². The normalized spacial score (nSPS) is 20.8. The molecule has 1 aromatic heterocycles. The summed E-state index contributed by atoms with van der Waals surface area (Å²) < 4.78 is 13.7. The number of nitrogens with one attached hydrogen (secondary N) is 2. The van der Waals surface area contributed by atoms with Crippen LogP contribution < -0.4 is 15.5 Å².